The summed E-state index contributed by atoms with van der Waals surface area (Å²) in [7, 11) is 3.10. The Morgan fingerprint density at radius 1 is 1.00 bits per heavy atom. The van der Waals surface area contributed by atoms with Crippen molar-refractivity contribution in [3.63, 3.8) is 0 Å². The molecule has 0 spiro atoms. The van der Waals surface area contributed by atoms with E-state index in [-0.39, 0.29) is 17.3 Å². The van der Waals surface area contributed by atoms with E-state index in [9.17, 15) is 22.8 Å². The zero-order valence-electron chi connectivity index (χ0n) is 19.5. The maximum absolute atomic E-state index is 12.9. The molecule has 7 nitrogen and oxygen atoms in total. The second-order valence-corrected chi connectivity index (χ2v) is 8.43. The Morgan fingerprint density at radius 2 is 1.78 bits per heavy atom. The van der Waals surface area contributed by atoms with Gasteiger partial charge in [0.25, 0.3) is 5.91 Å². The summed E-state index contributed by atoms with van der Waals surface area (Å²) in [6.45, 7) is 0.351. The highest BCUT2D eigenvalue weighted by molar-refractivity contribution is 8.00. The summed E-state index contributed by atoms with van der Waals surface area (Å²) in [4.78, 5) is 29.2. The lowest BCUT2D eigenvalue weighted by atomic mass is 10.1. The highest BCUT2D eigenvalue weighted by Gasteiger charge is 2.30. The van der Waals surface area contributed by atoms with E-state index in [0.717, 1.165) is 29.5 Å². The summed E-state index contributed by atoms with van der Waals surface area (Å²) < 4.78 is 49.1. The zero-order chi connectivity index (χ0) is 26.1. The fraction of sp³-hybridized carbons (Fsp3) is 0.240. The van der Waals surface area contributed by atoms with E-state index in [4.69, 9.17) is 9.47 Å². The zero-order valence-corrected chi connectivity index (χ0v) is 20.3. The predicted octanol–water partition coefficient (Wildman–Crippen LogP) is 4.82. The van der Waals surface area contributed by atoms with Crippen LogP contribution in [0.25, 0.3) is 0 Å². The summed E-state index contributed by atoms with van der Waals surface area (Å²) in [5.74, 6) is 0.184. The second kappa shape index (κ2) is 12.3. The molecule has 2 amide bonds. The molecule has 0 radical (unpaired) electrons. The number of aromatic nitrogens is 1. The van der Waals surface area contributed by atoms with Gasteiger partial charge in [-0.15, -0.1) is 0 Å². The van der Waals surface area contributed by atoms with Crippen LogP contribution in [-0.4, -0.2) is 43.3 Å². The molecule has 0 aliphatic carbocycles. The molecule has 0 aliphatic heterocycles. The maximum Gasteiger partial charge on any atom is 0.416 e. The standard InChI is InChI=1S/C25H24F3N3O4S/c1-34-20-9-8-16(13-21(20)35-2)10-12-29-23(33)19-7-4-11-30-24(19)36-15-22(32)31-18-6-3-5-17(14-18)25(26,27)28/h3-9,11,13-14H,10,12,15H2,1-2H3,(H,29,33)(H,31,32). The van der Waals surface area contributed by atoms with Gasteiger partial charge in [-0.05, 0) is 54.4 Å². The molecule has 0 fully saturated rings. The number of halogens is 3. The van der Waals surface area contributed by atoms with Crippen molar-refractivity contribution in [2.45, 2.75) is 17.6 Å². The van der Waals surface area contributed by atoms with Crippen molar-refractivity contribution in [3.8, 4) is 11.5 Å². The van der Waals surface area contributed by atoms with Gasteiger partial charge >= 0.3 is 6.18 Å². The van der Waals surface area contributed by atoms with E-state index >= 15 is 0 Å². The van der Waals surface area contributed by atoms with Crippen molar-refractivity contribution >= 4 is 29.3 Å². The number of nitrogens with one attached hydrogen (secondary N) is 2. The monoisotopic (exact) mass is 519 g/mol. The first-order valence-corrected chi connectivity index (χ1v) is 11.7. The van der Waals surface area contributed by atoms with Crippen LogP contribution in [0.5, 0.6) is 11.5 Å². The van der Waals surface area contributed by atoms with E-state index in [1.165, 1.54) is 18.3 Å². The number of methoxy groups -OCH3 is 2. The van der Waals surface area contributed by atoms with Crippen molar-refractivity contribution in [1.82, 2.24) is 10.3 Å². The van der Waals surface area contributed by atoms with E-state index in [2.05, 4.69) is 15.6 Å². The van der Waals surface area contributed by atoms with Gasteiger partial charge in [-0.3, -0.25) is 9.59 Å². The van der Waals surface area contributed by atoms with Gasteiger partial charge in [-0.25, -0.2) is 4.98 Å². The number of rotatable bonds is 10. The van der Waals surface area contributed by atoms with Crippen molar-refractivity contribution < 1.29 is 32.2 Å². The van der Waals surface area contributed by atoms with E-state index < -0.39 is 17.6 Å². The highest BCUT2D eigenvalue weighted by Crippen LogP contribution is 2.31. The van der Waals surface area contributed by atoms with Gasteiger partial charge in [0.1, 0.15) is 5.03 Å². The third kappa shape index (κ3) is 7.38. The van der Waals surface area contributed by atoms with Crippen LogP contribution in [0.15, 0.2) is 65.8 Å². The Hall–Kier alpha value is -3.73. The van der Waals surface area contributed by atoms with Crippen LogP contribution >= 0.6 is 11.8 Å². The van der Waals surface area contributed by atoms with Gasteiger partial charge in [0.15, 0.2) is 11.5 Å². The number of ether oxygens (including phenoxy) is 2. The van der Waals surface area contributed by atoms with Gasteiger partial charge in [-0.1, -0.05) is 23.9 Å². The second-order valence-electron chi connectivity index (χ2n) is 7.47. The highest BCUT2D eigenvalue weighted by atomic mass is 32.2. The lowest BCUT2D eigenvalue weighted by Crippen LogP contribution is -2.26. The Balaban J connectivity index is 1.56. The molecule has 1 aromatic heterocycles. The Bertz CT molecular complexity index is 1220. The third-order valence-electron chi connectivity index (χ3n) is 4.98. The van der Waals surface area contributed by atoms with Gasteiger partial charge in [0.05, 0.1) is 31.1 Å². The molecule has 36 heavy (non-hydrogen) atoms. The molecule has 0 bridgehead atoms. The van der Waals surface area contributed by atoms with Crippen LogP contribution < -0.4 is 20.1 Å². The van der Waals surface area contributed by atoms with Gasteiger partial charge in [-0.2, -0.15) is 13.2 Å². The molecule has 0 aliphatic rings. The molecule has 0 saturated heterocycles. The van der Waals surface area contributed by atoms with Gasteiger partial charge in [0, 0.05) is 18.4 Å². The molecule has 0 unspecified atom stereocenters. The van der Waals surface area contributed by atoms with Gasteiger partial charge in [0.2, 0.25) is 5.91 Å². The lowest BCUT2D eigenvalue weighted by Gasteiger charge is -2.11. The molecule has 3 rings (SSSR count). The number of hydrogen-bond donors (Lipinski definition) is 2. The Kier molecular flexibility index (Phi) is 9.18. The third-order valence-corrected chi connectivity index (χ3v) is 5.98. The van der Waals surface area contributed by atoms with Crippen molar-refractivity contribution in [2.75, 3.05) is 31.8 Å². The number of nitrogens with zero attached hydrogens (tertiary/aromatic N) is 1. The Labute approximate surface area is 210 Å². The molecule has 2 N–H and O–H groups in total. The van der Waals surface area contributed by atoms with Crippen molar-refractivity contribution in [2.24, 2.45) is 0 Å². The normalized spacial score (nSPS) is 11.0. The summed E-state index contributed by atoms with van der Waals surface area (Å²) in [6.07, 6.45) is -2.47. The van der Waals surface area contributed by atoms with Crippen LogP contribution in [0.2, 0.25) is 0 Å². The summed E-state index contributed by atoms with van der Waals surface area (Å²) >= 11 is 1.01. The van der Waals surface area contributed by atoms with Crippen LogP contribution in [0.1, 0.15) is 21.5 Å². The minimum Gasteiger partial charge on any atom is -0.493 e. The summed E-state index contributed by atoms with van der Waals surface area (Å²) in [5, 5.41) is 5.60. The van der Waals surface area contributed by atoms with Crippen molar-refractivity contribution in [3.05, 3.63) is 77.5 Å². The van der Waals surface area contributed by atoms with Crippen LogP contribution in [0.4, 0.5) is 18.9 Å². The summed E-state index contributed by atoms with van der Waals surface area (Å²) in [6, 6.07) is 13.1. The van der Waals surface area contributed by atoms with Crippen LogP contribution in [0, 0.1) is 0 Å². The largest absolute Gasteiger partial charge is 0.493 e. The number of benzene rings is 2. The minimum atomic E-state index is -4.51. The maximum atomic E-state index is 12.9. The average molecular weight is 520 g/mol. The predicted molar refractivity (Wildman–Crippen MR) is 131 cm³/mol. The first-order chi connectivity index (χ1) is 17.2. The quantitative estimate of drug-likeness (QED) is 0.374. The number of amides is 2. The van der Waals surface area contributed by atoms with E-state index in [1.54, 1.807) is 32.4 Å². The number of carbonyl (C=O) groups excluding carboxylic acids is 2. The van der Waals surface area contributed by atoms with E-state index in [0.29, 0.717) is 35.1 Å². The lowest BCUT2D eigenvalue weighted by molar-refractivity contribution is -0.137. The van der Waals surface area contributed by atoms with Gasteiger partial charge < -0.3 is 20.1 Å². The number of hydrogen-bond acceptors (Lipinski definition) is 6. The molecule has 190 valence electrons. The topological polar surface area (TPSA) is 89.5 Å². The van der Waals surface area contributed by atoms with E-state index in [1.807, 2.05) is 12.1 Å². The molecule has 0 atom stereocenters. The molecule has 11 heteroatoms. The van der Waals surface area contributed by atoms with Crippen LogP contribution in [0.3, 0.4) is 0 Å². The first-order valence-electron chi connectivity index (χ1n) is 10.7. The number of anilines is 1. The molecular formula is C25H24F3N3O4S. The minimum absolute atomic E-state index is 0.0320. The summed E-state index contributed by atoms with van der Waals surface area (Å²) in [5.41, 5.74) is 0.413. The molecular weight excluding hydrogens is 495 g/mol. The van der Waals surface area contributed by atoms with Crippen molar-refractivity contribution in [1.29, 1.82) is 0 Å². The smallest absolute Gasteiger partial charge is 0.416 e. The number of thioether (sulfide) groups is 1. The first kappa shape index (κ1) is 26.9. The average Bonchev–Trinajstić information content (AvgIpc) is 2.87. The fourth-order valence-corrected chi connectivity index (χ4v) is 4.03. The number of carbonyl (C=O) groups is 2. The van der Waals surface area contributed by atoms with Crippen LogP contribution in [-0.2, 0) is 17.4 Å². The Morgan fingerprint density at radius 3 is 2.50 bits per heavy atom. The number of pyridine rings is 1. The molecule has 2 aromatic carbocycles. The molecule has 1 heterocycles. The molecule has 0 saturated carbocycles. The SMILES string of the molecule is COc1ccc(CCNC(=O)c2cccnc2SCC(=O)Nc2cccc(C(F)(F)F)c2)cc1OC. The number of alkyl halides is 3. The molecule has 3 aromatic rings. The fourth-order valence-electron chi connectivity index (χ4n) is 3.23.